The summed E-state index contributed by atoms with van der Waals surface area (Å²) in [5.74, 6) is 5.42. The van der Waals surface area contributed by atoms with Crippen LogP contribution in [0.4, 0.5) is 0 Å². The van der Waals surface area contributed by atoms with Crippen molar-refractivity contribution < 1.29 is 22.8 Å². The number of fused-ring (bicyclic) bond motifs is 5. The SMILES string of the molecule is CCOP(=O)(C#CCCC(=O)[C@H]1CC[C@H]2[C@@H]3CC=C4C[C@@H](O[Si](C)(C)C(C)(C)C)CC[C@]4(C)[C@H]3CC[C@]12C)OCC. The van der Waals surface area contributed by atoms with Gasteiger partial charge >= 0.3 is 7.60 Å². The molecule has 0 saturated heterocycles. The van der Waals surface area contributed by atoms with E-state index in [1.165, 1.54) is 32.1 Å². The van der Waals surface area contributed by atoms with E-state index < -0.39 is 15.9 Å². The van der Waals surface area contributed by atoms with E-state index in [4.69, 9.17) is 13.5 Å². The average Bonchev–Trinajstić information content (AvgIpc) is 3.23. The molecule has 3 saturated carbocycles. The fraction of sp³-hybridized carbons (Fsp3) is 0.853. The van der Waals surface area contributed by atoms with Crippen LogP contribution in [0.3, 0.4) is 0 Å². The first-order valence-electron chi connectivity index (χ1n) is 16.4. The van der Waals surface area contributed by atoms with Gasteiger partial charge in [-0.3, -0.25) is 13.8 Å². The lowest BCUT2D eigenvalue weighted by Crippen LogP contribution is -2.52. The molecule has 4 aliphatic rings. The maximum atomic E-state index is 13.5. The molecule has 232 valence electrons. The van der Waals surface area contributed by atoms with Crippen molar-refractivity contribution in [3.05, 3.63) is 11.6 Å². The number of carbonyl (C=O) groups is 1. The van der Waals surface area contributed by atoms with Gasteiger partial charge in [-0.15, -0.1) is 0 Å². The molecule has 3 fully saturated rings. The highest BCUT2D eigenvalue weighted by molar-refractivity contribution is 7.59. The number of hydrogen-bond donors (Lipinski definition) is 0. The lowest BCUT2D eigenvalue weighted by molar-refractivity contribution is -0.129. The first-order chi connectivity index (χ1) is 19.1. The minimum atomic E-state index is -3.38. The molecule has 0 radical (unpaired) electrons. The van der Waals surface area contributed by atoms with E-state index in [1.54, 1.807) is 19.4 Å². The summed E-state index contributed by atoms with van der Waals surface area (Å²) in [5.41, 5.74) is 4.73. The smallest absolute Gasteiger partial charge is 0.405 e. The van der Waals surface area contributed by atoms with Gasteiger partial charge in [0.2, 0.25) is 0 Å². The topological polar surface area (TPSA) is 61.8 Å². The lowest BCUT2D eigenvalue weighted by atomic mass is 9.47. The molecule has 0 aromatic carbocycles. The molecule has 0 spiro atoms. The molecule has 7 atom stereocenters. The number of ketones is 1. The zero-order valence-electron chi connectivity index (χ0n) is 27.4. The predicted octanol–water partition coefficient (Wildman–Crippen LogP) is 9.53. The third-order valence-electron chi connectivity index (χ3n) is 12.0. The van der Waals surface area contributed by atoms with Crippen LogP contribution in [0.1, 0.15) is 113 Å². The van der Waals surface area contributed by atoms with Crippen molar-refractivity contribution in [2.45, 2.75) is 137 Å². The minimum absolute atomic E-state index is 0.0853. The summed E-state index contributed by atoms with van der Waals surface area (Å²) in [4.78, 5) is 13.5. The molecule has 0 N–H and O–H groups in total. The third kappa shape index (κ3) is 6.56. The Balaban J connectivity index is 1.41. The Morgan fingerprint density at radius 1 is 1.05 bits per heavy atom. The van der Waals surface area contributed by atoms with Gasteiger partial charge in [0, 0.05) is 30.5 Å². The second-order valence-electron chi connectivity index (χ2n) is 15.3. The van der Waals surface area contributed by atoms with E-state index in [2.05, 4.69) is 65.4 Å². The summed E-state index contributed by atoms with van der Waals surface area (Å²) in [5, 5.41) is 0.242. The van der Waals surface area contributed by atoms with Gasteiger partial charge < -0.3 is 4.43 Å². The minimum Gasteiger partial charge on any atom is -0.414 e. The van der Waals surface area contributed by atoms with E-state index >= 15 is 0 Å². The number of allylic oxidation sites excluding steroid dienone is 1. The molecular formula is C34H57O5PSi. The Morgan fingerprint density at radius 3 is 2.37 bits per heavy atom. The van der Waals surface area contributed by atoms with Crippen LogP contribution >= 0.6 is 7.60 Å². The fourth-order valence-corrected chi connectivity index (χ4v) is 11.4. The summed E-state index contributed by atoms with van der Waals surface area (Å²) in [6.07, 6.45) is 13.0. The van der Waals surface area contributed by atoms with E-state index in [-0.39, 0.29) is 35.0 Å². The Labute approximate surface area is 252 Å². The Morgan fingerprint density at radius 2 is 1.73 bits per heavy atom. The second kappa shape index (κ2) is 12.4. The van der Waals surface area contributed by atoms with Crippen molar-refractivity contribution in [2.75, 3.05) is 13.2 Å². The normalized spacial score (nSPS) is 35.4. The monoisotopic (exact) mass is 604 g/mol. The van der Waals surface area contributed by atoms with Gasteiger partial charge in [-0.25, -0.2) is 4.57 Å². The Kier molecular flexibility index (Phi) is 10.0. The van der Waals surface area contributed by atoms with E-state index in [1.807, 2.05) is 0 Å². The Bertz CT molecular complexity index is 1100. The summed E-state index contributed by atoms with van der Waals surface area (Å²) in [6, 6.07) is 0. The van der Waals surface area contributed by atoms with Gasteiger partial charge in [-0.05, 0) is 112 Å². The van der Waals surface area contributed by atoms with Crippen molar-refractivity contribution in [1.82, 2.24) is 0 Å². The van der Waals surface area contributed by atoms with Crippen LogP contribution in [0, 0.1) is 46.1 Å². The summed E-state index contributed by atoms with van der Waals surface area (Å²) in [7, 11) is -5.16. The zero-order chi connectivity index (χ0) is 30.3. The fourth-order valence-electron chi connectivity index (χ4n) is 8.80. The number of carbonyl (C=O) groups excluding carboxylic acids is 1. The standard InChI is InChI=1S/C34H57O5PSi/c1-10-37-40(36,38-11-2)23-13-12-14-31(35)30-18-17-28-27-16-15-25-24-26(39-41(8,9)32(3,4)5)19-21-33(25,6)29(27)20-22-34(28,30)7/h15,26-30H,10-12,14,16-22,24H2,1-9H3/t26-,27-,28-,29-,30+,33-,34-/m0/s1. The van der Waals surface area contributed by atoms with Gasteiger partial charge in [0.1, 0.15) is 5.78 Å². The molecule has 4 rings (SSSR count). The predicted molar refractivity (Wildman–Crippen MR) is 170 cm³/mol. The average molecular weight is 605 g/mol. The van der Waals surface area contributed by atoms with Crippen LogP contribution in [0.2, 0.25) is 18.1 Å². The van der Waals surface area contributed by atoms with Crippen LogP contribution in [0.25, 0.3) is 0 Å². The maximum absolute atomic E-state index is 13.5. The van der Waals surface area contributed by atoms with Crippen LogP contribution in [0.5, 0.6) is 0 Å². The van der Waals surface area contributed by atoms with Crippen LogP contribution in [0.15, 0.2) is 11.6 Å². The van der Waals surface area contributed by atoms with E-state index in [0.717, 1.165) is 25.2 Å². The molecular weight excluding hydrogens is 547 g/mol. The molecule has 4 aliphatic carbocycles. The molecule has 5 nitrogen and oxygen atoms in total. The number of hydrogen-bond acceptors (Lipinski definition) is 5. The molecule has 0 heterocycles. The highest BCUT2D eigenvalue weighted by Gasteiger charge is 2.59. The van der Waals surface area contributed by atoms with E-state index in [0.29, 0.717) is 36.6 Å². The highest BCUT2D eigenvalue weighted by atomic mass is 31.2. The van der Waals surface area contributed by atoms with Gasteiger partial charge in [0.15, 0.2) is 8.32 Å². The molecule has 41 heavy (non-hydrogen) atoms. The highest BCUT2D eigenvalue weighted by Crippen LogP contribution is 2.66. The molecule has 7 heteroatoms. The molecule has 0 amide bonds. The molecule has 0 unspecified atom stereocenters. The van der Waals surface area contributed by atoms with Gasteiger partial charge in [-0.1, -0.05) is 52.2 Å². The molecule has 0 aliphatic heterocycles. The second-order valence-corrected chi connectivity index (χ2v) is 21.8. The number of rotatable bonds is 9. The molecule has 0 aromatic heterocycles. The van der Waals surface area contributed by atoms with Crippen LogP contribution in [-0.4, -0.2) is 33.4 Å². The zero-order valence-corrected chi connectivity index (χ0v) is 29.3. The quantitative estimate of drug-likeness (QED) is 0.114. The summed E-state index contributed by atoms with van der Waals surface area (Å²) >= 11 is 0. The van der Waals surface area contributed by atoms with E-state index in [9.17, 15) is 9.36 Å². The summed E-state index contributed by atoms with van der Waals surface area (Å²) in [6.45, 7) is 20.9. The first kappa shape index (κ1) is 33.2. The van der Waals surface area contributed by atoms with Crippen molar-refractivity contribution in [3.8, 4) is 11.6 Å². The largest absolute Gasteiger partial charge is 0.414 e. The molecule has 0 bridgehead atoms. The number of Topliss-reactive ketones (excluding diaryl/α,β-unsaturated/α-hetero) is 1. The van der Waals surface area contributed by atoms with Gasteiger partial charge in [-0.2, -0.15) is 0 Å². The first-order valence-corrected chi connectivity index (χ1v) is 20.8. The van der Waals surface area contributed by atoms with Crippen LogP contribution in [-0.2, 0) is 22.8 Å². The Hall–Kier alpha value is -0.703. The van der Waals surface area contributed by atoms with Crippen molar-refractivity contribution in [1.29, 1.82) is 0 Å². The van der Waals surface area contributed by atoms with Crippen molar-refractivity contribution in [3.63, 3.8) is 0 Å². The van der Waals surface area contributed by atoms with Crippen molar-refractivity contribution in [2.24, 2.45) is 34.5 Å². The summed E-state index contributed by atoms with van der Waals surface area (Å²) < 4.78 is 30.1. The maximum Gasteiger partial charge on any atom is 0.405 e. The van der Waals surface area contributed by atoms with Crippen molar-refractivity contribution >= 4 is 21.7 Å². The van der Waals surface area contributed by atoms with Gasteiger partial charge in [0.25, 0.3) is 0 Å². The molecule has 0 aromatic rings. The third-order valence-corrected chi connectivity index (χ3v) is 18.2. The lowest BCUT2D eigenvalue weighted by Gasteiger charge is -2.58. The van der Waals surface area contributed by atoms with Crippen LogP contribution < -0.4 is 0 Å². The van der Waals surface area contributed by atoms with Gasteiger partial charge in [0.05, 0.1) is 13.2 Å².